The highest BCUT2D eigenvalue weighted by Gasteiger charge is 2.11. The summed E-state index contributed by atoms with van der Waals surface area (Å²) in [6, 6.07) is 11.9. The number of rotatable bonds is 6. The lowest BCUT2D eigenvalue weighted by Gasteiger charge is -2.10. The van der Waals surface area contributed by atoms with Gasteiger partial charge in [0.25, 0.3) is 5.91 Å². The number of carbonyl (C=O) groups is 2. The quantitative estimate of drug-likeness (QED) is 0.779. The van der Waals surface area contributed by atoms with E-state index in [1.165, 1.54) is 14.2 Å². The average Bonchev–Trinajstić information content (AvgIpc) is 2.65. The Morgan fingerprint density at radius 1 is 0.840 bits per heavy atom. The van der Waals surface area contributed by atoms with Crippen LogP contribution in [0, 0.1) is 0 Å². The van der Waals surface area contributed by atoms with Crippen LogP contribution >= 0.6 is 0 Å². The molecule has 0 aliphatic heterocycles. The summed E-state index contributed by atoms with van der Waals surface area (Å²) >= 11 is 0. The number of amides is 2. The molecular formula is C18H20N2O5. The highest BCUT2D eigenvalue weighted by atomic mass is 16.5. The van der Waals surface area contributed by atoms with Crippen molar-refractivity contribution in [2.45, 2.75) is 6.42 Å². The first-order chi connectivity index (χ1) is 12.0. The molecule has 2 rings (SSSR count). The SMILES string of the molecule is COc1cccc(CC(=O)NNC(=O)c2cc(OC)cc(OC)c2)c1. The Kier molecular flexibility index (Phi) is 6.22. The van der Waals surface area contributed by atoms with Gasteiger partial charge in [-0.1, -0.05) is 12.1 Å². The third-order valence-electron chi connectivity index (χ3n) is 3.43. The van der Waals surface area contributed by atoms with Crippen LogP contribution in [0.3, 0.4) is 0 Å². The third kappa shape index (κ3) is 5.13. The summed E-state index contributed by atoms with van der Waals surface area (Å²) < 4.78 is 15.3. The zero-order chi connectivity index (χ0) is 18.2. The Hall–Kier alpha value is -3.22. The molecule has 7 nitrogen and oxygen atoms in total. The molecular weight excluding hydrogens is 324 g/mol. The van der Waals surface area contributed by atoms with Gasteiger partial charge in [-0.2, -0.15) is 0 Å². The Morgan fingerprint density at radius 2 is 1.48 bits per heavy atom. The first-order valence-corrected chi connectivity index (χ1v) is 7.51. The highest BCUT2D eigenvalue weighted by Crippen LogP contribution is 2.22. The molecule has 7 heteroatoms. The van der Waals surface area contributed by atoms with Gasteiger partial charge in [0.2, 0.25) is 5.91 Å². The highest BCUT2D eigenvalue weighted by molar-refractivity contribution is 5.96. The van der Waals surface area contributed by atoms with Crippen molar-refractivity contribution in [3.8, 4) is 17.2 Å². The predicted octanol–water partition coefficient (Wildman–Crippen LogP) is 1.72. The molecule has 2 aromatic rings. The lowest BCUT2D eigenvalue weighted by Crippen LogP contribution is -2.42. The van der Waals surface area contributed by atoms with Crippen LogP contribution in [0.25, 0.3) is 0 Å². The molecule has 0 unspecified atom stereocenters. The lowest BCUT2D eigenvalue weighted by atomic mass is 10.1. The van der Waals surface area contributed by atoms with Crippen LogP contribution < -0.4 is 25.1 Å². The van der Waals surface area contributed by atoms with Gasteiger partial charge >= 0.3 is 0 Å². The van der Waals surface area contributed by atoms with Gasteiger partial charge in [-0.25, -0.2) is 0 Å². The molecule has 2 N–H and O–H groups in total. The summed E-state index contributed by atoms with van der Waals surface area (Å²) in [6.07, 6.45) is 0.110. The minimum absolute atomic E-state index is 0.110. The molecule has 0 spiro atoms. The van der Waals surface area contributed by atoms with E-state index in [0.29, 0.717) is 22.8 Å². The number of carbonyl (C=O) groups excluding carboxylic acids is 2. The fraction of sp³-hybridized carbons (Fsp3) is 0.222. The molecule has 2 amide bonds. The zero-order valence-electron chi connectivity index (χ0n) is 14.3. The summed E-state index contributed by atoms with van der Waals surface area (Å²) in [5, 5.41) is 0. The number of hydrazine groups is 1. The molecule has 0 saturated heterocycles. The third-order valence-corrected chi connectivity index (χ3v) is 3.43. The van der Waals surface area contributed by atoms with E-state index in [0.717, 1.165) is 5.56 Å². The fourth-order valence-corrected chi connectivity index (χ4v) is 2.15. The van der Waals surface area contributed by atoms with Gasteiger partial charge in [0.15, 0.2) is 0 Å². The molecule has 132 valence electrons. The molecule has 25 heavy (non-hydrogen) atoms. The minimum atomic E-state index is -0.476. The average molecular weight is 344 g/mol. The van der Waals surface area contributed by atoms with Crippen molar-refractivity contribution in [3.63, 3.8) is 0 Å². The van der Waals surface area contributed by atoms with Gasteiger partial charge in [0, 0.05) is 11.6 Å². The van der Waals surface area contributed by atoms with Gasteiger partial charge in [-0.3, -0.25) is 20.4 Å². The molecule has 0 aromatic heterocycles. The number of ether oxygens (including phenoxy) is 3. The van der Waals surface area contributed by atoms with Crippen molar-refractivity contribution in [2.24, 2.45) is 0 Å². The van der Waals surface area contributed by atoms with E-state index in [2.05, 4.69) is 10.9 Å². The maximum atomic E-state index is 12.2. The molecule has 0 bridgehead atoms. The van der Waals surface area contributed by atoms with E-state index in [1.807, 2.05) is 0 Å². The Balaban J connectivity index is 1.96. The van der Waals surface area contributed by atoms with Crippen molar-refractivity contribution in [3.05, 3.63) is 53.6 Å². The van der Waals surface area contributed by atoms with E-state index in [1.54, 1.807) is 49.6 Å². The topological polar surface area (TPSA) is 85.9 Å². The monoisotopic (exact) mass is 344 g/mol. The van der Waals surface area contributed by atoms with Crippen LogP contribution in [-0.4, -0.2) is 33.1 Å². The smallest absolute Gasteiger partial charge is 0.269 e. The predicted molar refractivity (Wildman–Crippen MR) is 91.9 cm³/mol. The molecule has 0 aliphatic rings. The van der Waals surface area contributed by atoms with Gasteiger partial charge in [0.05, 0.1) is 27.8 Å². The molecule has 2 aromatic carbocycles. The van der Waals surface area contributed by atoms with Crippen LogP contribution in [0.2, 0.25) is 0 Å². The second-order valence-corrected chi connectivity index (χ2v) is 5.13. The number of nitrogens with one attached hydrogen (secondary N) is 2. The van der Waals surface area contributed by atoms with E-state index < -0.39 is 5.91 Å². The molecule has 0 atom stereocenters. The minimum Gasteiger partial charge on any atom is -0.497 e. The Bertz CT molecular complexity index is 739. The van der Waals surface area contributed by atoms with Crippen molar-refractivity contribution < 1.29 is 23.8 Å². The lowest BCUT2D eigenvalue weighted by molar-refractivity contribution is -0.121. The second-order valence-electron chi connectivity index (χ2n) is 5.13. The molecule has 0 heterocycles. The number of methoxy groups -OCH3 is 3. The van der Waals surface area contributed by atoms with Crippen LogP contribution in [0.5, 0.6) is 17.2 Å². The maximum Gasteiger partial charge on any atom is 0.269 e. The Labute approximate surface area is 145 Å². The fourth-order valence-electron chi connectivity index (χ4n) is 2.15. The molecule has 0 radical (unpaired) electrons. The standard InChI is InChI=1S/C18H20N2O5/c1-23-14-6-4-5-12(7-14)8-17(21)19-20-18(22)13-9-15(24-2)11-16(10-13)25-3/h4-7,9-11H,8H2,1-3H3,(H,19,21)(H,20,22). The molecule has 0 aliphatic carbocycles. The van der Waals surface area contributed by atoms with Crippen molar-refractivity contribution >= 4 is 11.8 Å². The summed E-state index contributed by atoms with van der Waals surface area (Å²) in [5.41, 5.74) is 5.83. The van der Waals surface area contributed by atoms with Gasteiger partial charge in [0.1, 0.15) is 17.2 Å². The van der Waals surface area contributed by atoms with Crippen LogP contribution in [-0.2, 0) is 11.2 Å². The van der Waals surface area contributed by atoms with Gasteiger partial charge in [-0.05, 0) is 29.8 Å². The molecule has 0 fully saturated rings. The van der Waals surface area contributed by atoms with Gasteiger partial charge < -0.3 is 14.2 Å². The summed E-state index contributed by atoms with van der Waals surface area (Å²) in [4.78, 5) is 24.2. The van der Waals surface area contributed by atoms with Crippen molar-refractivity contribution in [1.29, 1.82) is 0 Å². The van der Waals surface area contributed by atoms with Gasteiger partial charge in [-0.15, -0.1) is 0 Å². The van der Waals surface area contributed by atoms with Crippen LogP contribution in [0.4, 0.5) is 0 Å². The summed E-state index contributed by atoms with van der Waals surface area (Å²) in [6.45, 7) is 0. The van der Waals surface area contributed by atoms with Crippen molar-refractivity contribution in [1.82, 2.24) is 10.9 Å². The largest absolute Gasteiger partial charge is 0.497 e. The normalized spacial score (nSPS) is 9.88. The number of benzene rings is 2. The number of hydrogen-bond donors (Lipinski definition) is 2. The van der Waals surface area contributed by atoms with Crippen LogP contribution in [0.15, 0.2) is 42.5 Å². The van der Waals surface area contributed by atoms with E-state index in [9.17, 15) is 9.59 Å². The summed E-state index contributed by atoms with van der Waals surface area (Å²) in [5.74, 6) is 0.796. The maximum absolute atomic E-state index is 12.2. The zero-order valence-corrected chi connectivity index (χ0v) is 14.3. The Morgan fingerprint density at radius 3 is 2.08 bits per heavy atom. The first-order valence-electron chi connectivity index (χ1n) is 7.51. The first kappa shape index (κ1) is 18.1. The van der Waals surface area contributed by atoms with E-state index >= 15 is 0 Å². The van der Waals surface area contributed by atoms with Crippen LogP contribution in [0.1, 0.15) is 15.9 Å². The van der Waals surface area contributed by atoms with E-state index in [-0.39, 0.29) is 12.3 Å². The second kappa shape index (κ2) is 8.58. The van der Waals surface area contributed by atoms with Crippen molar-refractivity contribution in [2.75, 3.05) is 21.3 Å². The number of hydrogen-bond acceptors (Lipinski definition) is 5. The summed E-state index contributed by atoms with van der Waals surface area (Å²) in [7, 11) is 4.54. The van der Waals surface area contributed by atoms with E-state index in [4.69, 9.17) is 14.2 Å². The molecule has 0 saturated carbocycles.